The van der Waals surface area contributed by atoms with Crippen molar-refractivity contribution in [1.29, 1.82) is 0 Å². The zero-order chi connectivity index (χ0) is 34.6. The van der Waals surface area contributed by atoms with E-state index in [2.05, 4.69) is 4.90 Å². The maximum absolute atomic E-state index is 15.3. The van der Waals surface area contributed by atoms with Gasteiger partial charge in [0.15, 0.2) is 0 Å². The molecule has 256 valence electrons. The molecule has 2 aliphatic rings. The minimum atomic E-state index is -1.19. The van der Waals surface area contributed by atoms with Crippen molar-refractivity contribution in [3.05, 3.63) is 107 Å². The molecule has 0 atom stereocenters. The number of hydrogen-bond acceptors (Lipinski definition) is 11. The number of hydrogen-bond donors (Lipinski definition) is 1. The molecule has 2 aliphatic heterocycles. The largest absolute Gasteiger partial charge is 0.497 e. The van der Waals surface area contributed by atoms with Gasteiger partial charge in [-0.05, 0) is 60.0 Å². The molecule has 0 amide bonds. The molecule has 0 unspecified atom stereocenters. The summed E-state index contributed by atoms with van der Waals surface area (Å²) in [6.45, 7) is 3.87. The van der Waals surface area contributed by atoms with E-state index >= 15 is 4.39 Å². The third-order valence-corrected chi connectivity index (χ3v) is 8.85. The number of fused-ring (bicyclic) bond motifs is 1. The third kappa shape index (κ3) is 6.85. The molecule has 1 saturated heterocycles. The number of aromatic nitrogens is 4. The maximum atomic E-state index is 15.3. The molecular weight excluding hydrogens is 641 g/mol. The number of benzene rings is 3. The van der Waals surface area contributed by atoms with Crippen molar-refractivity contribution in [2.24, 2.45) is 0 Å². The number of carboxylic acid groups (broad SMARTS) is 1. The predicted molar refractivity (Wildman–Crippen MR) is 186 cm³/mol. The number of anilines is 4. The van der Waals surface area contributed by atoms with Crippen LogP contribution in [0.2, 0.25) is 0 Å². The fourth-order valence-corrected chi connectivity index (χ4v) is 6.19. The Morgan fingerprint density at radius 1 is 0.880 bits per heavy atom. The van der Waals surface area contributed by atoms with Crippen LogP contribution in [0.3, 0.4) is 0 Å². The Balaban J connectivity index is 1.24. The fraction of sp³-hybridized carbons (Fsp3) is 0.270. The predicted octanol–water partition coefficient (Wildman–Crippen LogP) is 5.53. The summed E-state index contributed by atoms with van der Waals surface area (Å²) in [6.07, 6.45) is 4.10. The lowest BCUT2D eigenvalue weighted by molar-refractivity contribution is 0.0696. The van der Waals surface area contributed by atoms with Crippen molar-refractivity contribution < 1.29 is 28.5 Å². The van der Waals surface area contributed by atoms with Crippen LogP contribution in [0, 0.1) is 5.82 Å². The Bertz CT molecular complexity index is 1920. The Kier molecular flexibility index (Phi) is 9.39. The number of carboxylic acids is 1. The van der Waals surface area contributed by atoms with E-state index in [-0.39, 0.29) is 11.3 Å². The van der Waals surface area contributed by atoms with Crippen molar-refractivity contribution in [2.75, 3.05) is 61.8 Å². The zero-order valence-electron chi connectivity index (χ0n) is 27.8. The number of ether oxygens (including phenoxy) is 3. The Labute approximate surface area is 288 Å². The molecule has 0 radical (unpaired) electrons. The van der Waals surface area contributed by atoms with Crippen LogP contribution < -0.4 is 24.2 Å². The van der Waals surface area contributed by atoms with Gasteiger partial charge >= 0.3 is 5.97 Å². The molecule has 12 nitrogen and oxygen atoms in total. The number of morpholine rings is 1. The van der Waals surface area contributed by atoms with Crippen molar-refractivity contribution in [3.63, 3.8) is 0 Å². The second-order valence-electron chi connectivity index (χ2n) is 12.0. The lowest BCUT2D eigenvalue weighted by Gasteiger charge is -2.28. The van der Waals surface area contributed by atoms with E-state index in [0.29, 0.717) is 81.3 Å². The highest BCUT2D eigenvalue weighted by molar-refractivity contribution is 5.88. The van der Waals surface area contributed by atoms with Crippen molar-refractivity contribution in [2.45, 2.75) is 19.5 Å². The number of halogens is 1. The Morgan fingerprint density at radius 3 is 2.06 bits per heavy atom. The number of aromatic carboxylic acids is 1. The van der Waals surface area contributed by atoms with Gasteiger partial charge < -0.3 is 34.0 Å². The van der Waals surface area contributed by atoms with Crippen molar-refractivity contribution >= 4 is 29.4 Å². The van der Waals surface area contributed by atoms with Gasteiger partial charge in [0.1, 0.15) is 23.1 Å². The summed E-state index contributed by atoms with van der Waals surface area (Å²) in [5.74, 6) is 1.36. The molecule has 1 fully saturated rings. The number of nitrogens with zero attached hydrogens (tertiary/aromatic N) is 7. The minimum Gasteiger partial charge on any atom is -0.497 e. The third-order valence-electron chi connectivity index (χ3n) is 8.85. The van der Waals surface area contributed by atoms with E-state index in [1.165, 1.54) is 12.1 Å². The fourth-order valence-electron chi connectivity index (χ4n) is 6.19. The molecule has 0 bridgehead atoms. The van der Waals surface area contributed by atoms with Crippen molar-refractivity contribution in [1.82, 2.24) is 19.9 Å². The van der Waals surface area contributed by atoms with Gasteiger partial charge in [-0.1, -0.05) is 24.3 Å². The summed E-state index contributed by atoms with van der Waals surface area (Å²) >= 11 is 0. The summed E-state index contributed by atoms with van der Waals surface area (Å²) in [5.41, 5.74) is 4.50. The highest BCUT2D eigenvalue weighted by Gasteiger charge is 2.31. The lowest BCUT2D eigenvalue weighted by atomic mass is 10.1. The minimum absolute atomic E-state index is 0.117. The normalized spacial score (nSPS) is 14.0. The lowest BCUT2D eigenvalue weighted by Crippen LogP contribution is -2.37. The highest BCUT2D eigenvalue weighted by Crippen LogP contribution is 2.40. The van der Waals surface area contributed by atoms with Crippen LogP contribution in [0.1, 0.15) is 27.0 Å². The number of rotatable bonds is 11. The molecule has 5 aromatic rings. The van der Waals surface area contributed by atoms with Crippen LogP contribution >= 0.6 is 0 Å². The average molecular weight is 678 g/mol. The molecule has 4 heterocycles. The van der Waals surface area contributed by atoms with Crippen molar-refractivity contribution in [3.8, 4) is 22.8 Å². The second kappa shape index (κ2) is 14.3. The van der Waals surface area contributed by atoms with Gasteiger partial charge in [-0.15, -0.1) is 0 Å². The topological polar surface area (TPSA) is 126 Å². The van der Waals surface area contributed by atoms with E-state index < -0.39 is 11.8 Å². The SMILES string of the molecule is COc1ccc(CN(Cc2ccc(OC)cc2)c2ncc(-c3nc(N4CCOCC4)nc4c3CCN4c3ccc(C(=O)O)cc3F)cn2)cc1. The molecule has 2 aromatic heterocycles. The number of methoxy groups -OCH3 is 2. The van der Waals surface area contributed by atoms with Crippen LogP contribution in [-0.4, -0.2) is 78.1 Å². The molecule has 13 heteroatoms. The monoisotopic (exact) mass is 677 g/mol. The summed E-state index contributed by atoms with van der Waals surface area (Å²) in [7, 11) is 3.29. The van der Waals surface area contributed by atoms with Crippen LogP contribution in [0.5, 0.6) is 11.5 Å². The van der Waals surface area contributed by atoms with Crippen LogP contribution in [0.25, 0.3) is 11.3 Å². The Morgan fingerprint density at radius 2 is 1.50 bits per heavy atom. The molecule has 0 saturated carbocycles. The molecule has 0 aliphatic carbocycles. The quantitative estimate of drug-likeness (QED) is 0.189. The van der Waals surface area contributed by atoms with Gasteiger partial charge in [0, 0.05) is 56.2 Å². The highest BCUT2D eigenvalue weighted by atomic mass is 19.1. The van der Waals surface area contributed by atoms with Gasteiger partial charge in [0.05, 0.1) is 44.4 Å². The molecule has 3 aromatic carbocycles. The standard InChI is InChI=1S/C37H36FN7O5/c1-48-28-8-3-24(4-9-28)22-44(23-25-5-10-29(49-2)11-6-25)36-39-20-27(21-40-36)33-30-13-14-45(32-12-7-26(35(46)47)19-31(32)38)34(30)42-37(41-33)43-15-17-50-18-16-43/h3-12,19-21H,13-18,22-23H2,1-2H3,(H,46,47). The summed E-state index contributed by atoms with van der Waals surface area (Å²) in [4.78, 5) is 37.0. The van der Waals surface area contributed by atoms with Gasteiger partial charge in [-0.3, -0.25) is 0 Å². The van der Waals surface area contributed by atoms with E-state index in [4.69, 9.17) is 34.1 Å². The molecule has 0 spiro atoms. The first-order chi connectivity index (χ1) is 24.4. The molecule has 50 heavy (non-hydrogen) atoms. The van der Waals surface area contributed by atoms with Gasteiger partial charge in [-0.25, -0.2) is 24.1 Å². The number of carbonyl (C=O) groups is 1. The van der Waals surface area contributed by atoms with E-state index in [1.54, 1.807) is 31.5 Å². The van der Waals surface area contributed by atoms with Gasteiger partial charge in [0.2, 0.25) is 11.9 Å². The van der Waals surface area contributed by atoms with Crippen LogP contribution in [-0.2, 0) is 24.2 Å². The second-order valence-corrected chi connectivity index (χ2v) is 12.0. The summed E-state index contributed by atoms with van der Waals surface area (Å²) in [6, 6.07) is 19.8. The smallest absolute Gasteiger partial charge is 0.335 e. The zero-order valence-corrected chi connectivity index (χ0v) is 27.8. The average Bonchev–Trinajstić information content (AvgIpc) is 3.59. The first-order valence-electron chi connectivity index (χ1n) is 16.3. The van der Waals surface area contributed by atoms with E-state index in [1.807, 2.05) is 53.4 Å². The van der Waals surface area contributed by atoms with E-state index in [9.17, 15) is 9.90 Å². The molecular formula is C37H36FN7O5. The Hall–Kier alpha value is -5.82. The molecule has 1 N–H and O–H groups in total. The first-order valence-corrected chi connectivity index (χ1v) is 16.3. The summed E-state index contributed by atoms with van der Waals surface area (Å²) in [5, 5.41) is 9.37. The van der Waals surface area contributed by atoms with E-state index in [0.717, 1.165) is 34.3 Å². The maximum Gasteiger partial charge on any atom is 0.335 e. The first kappa shape index (κ1) is 32.7. The summed E-state index contributed by atoms with van der Waals surface area (Å²) < 4.78 is 31.6. The van der Waals surface area contributed by atoms with Gasteiger partial charge in [0.25, 0.3) is 0 Å². The molecule has 7 rings (SSSR count). The van der Waals surface area contributed by atoms with Crippen LogP contribution in [0.4, 0.5) is 27.8 Å². The van der Waals surface area contributed by atoms with Gasteiger partial charge in [-0.2, -0.15) is 4.98 Å². The van der Waals surface area contributed by atoms with Crippen LogP contribution in [0.15, 0.2) is 79.1 Å².